The minimum atomic E-state index is -0.435. The van der Waals surface area contributed by atoms with Crippen LogP contribution in [0.15, 0.2) is 35.4 Å². The third kappa shape index (κ3) is 2.88. The Bertz CT molecular complexity index is 598. The number of nitrogens with one attached hydrogen (secondary N) is 1. The number of aromatic nitrogens is 2. The molecule has 0 aliphatic rings. The van der Waals surface area contributed by atoms with Crippen molar-refractivity contribution < 1.29 is 9.47 Å². The summed E-state index contributed by atoms with van der Waals surface area (Å²) in [4.78, 5) is 17.5. The lowest BCUT2D eigenvalue weighted by Gasteiger charge is -2.07. The minimum absolute atomic E-state index is 0.0744. The zero-order valence-electron chi connectivity index (χ0n) is 9.64. The SMILES string of the molecule is COCc1cccc(Oc2nc[nH]c(=O)c2Cl)c1. The van der Waals surface area contributed by atoms with Gasteiger partial charge in [0.15, 0.2) is 5.02 Å². The van der Waals surface area contributed by atoms with Crippen molar-refractivity contribution in [3.05, 3.63) is 51.5 Å². The van der Waals surface area contributed by atoms with E-state index in [0.29, 0.717) is 12.4 Å². The van der Waals surface area contributed by atoms with Gasteiger partial charge in [-0.1, -0.05) is 23.7 Å². The van der Waals surface area contributed by atoms with E-state index in [1.54, 1.807) is 19.2 Å². The van der Waals surface area contributed by atoms with Crippen LogP contribution in [0.2, 0.25) is 5.02 Å². The first-order valence-electron chi connectivity index (χ1n) is 5.19. The lowest BCUT2D eigenvalue weighted by atomic mass is 10.2. The second kappa shape index (κ2) is 5.66. The molecule has 5 nitrogen and oxygen atoms in total. The van der Waals surface area contributed by atoms with Crippen LogP contribution in [0, 0.1) is 0 Å². The zero-order valence-corrected chi connectivity index (χ0v) is 10.4. The first kappa shape index (κ1) is 12.6. The maximum Gasteiger partial charge on any atom is 0.273 e. The van der Waals surface area contributed by atoms with Crippen LogP contribution in [0.3, 0.4) is 0 Å². The highest BCUT2D eigenvalue weighted by molar-refractivity contribution is 6.31. The molecule has 1 heterocycles. The van der Waals surface area contributed by atoms with Crippen LogP contribution in [-0.4, -0.2) is 17.1 Å². The molecule has 0 aliphatic heterocycles. The minimum Gasteiger partial charge on any atom is -0.437 e. The van der Waals surface area contributed by atoms with Crippen LogP contribution in [0.25, 0.3) is 0 Å². The molecule has 0 radical (unpaired) electrons. The zero-order chi connectivity index (χ0) is 13.0. The summed E-state index contributed by atoms with van der Waals surface area (Å²) in [7, 11) is 1.61. The van der Waals surface area contributed by atoms with E-state index in [0.717, 1.165) is 5.56 Å². The van der Waals surface area contributed by atoms with Gasteiger partial charge in [0.2, 0.25) is 5.88 Å². The quantitative estimate of drug-likeness (QED) is 0.923. The van der Waals surface area contributed by atoms with Gasteiger partial charge in [0.1, 0.15) is 5.75 Å². The molecule has 0 spiro atoms. The smallest absolute Gasteiger partial charge is 0.273 e. The molecule has 0 fully saturated rings. The van der Waals surface area contributed by atoms with Crippen LogP contribution >= 0.6 is 11.6 Å². The van der Waals surface area contributed by atoms with Gasteiger partial charge in [-0.2, -0.15) is 0 Å². The summed E-state index contributed by atoms with van der Waals surface area (Å²) >= 11 is 5.79. The lowest BCUT2D eigenvalue weighted by molar-refractivity contribution is 0.184. The normalized spacial score (nSPS) is 10.3. The first-order valence-corrected chi connectivity index (χ1v) is 5.57. The molecule has 94 valence electrons. The molecule has 0 atom stereocenters. The number of halogens is 1. The third-order valence-electron chi connectivity index (χ3n) is 2.19. The molecule has 0 aliphatic carbocycles. The largest absolute Gasteiger partial charge is 0.437 e. The second-order valence-corrected chi connectivity index (χ2v) is 3.91. The van der Waals surface area contributed by atoms with Crippen molar-refractivity contribution in [3.63, 3.8) is 0 Å². The summed E-state index contributed by atoms with van der Waals surface area (Å²) in [6.07, 6.45) is 1.24. The molecule has 0 saturated carbocycles. The van der Waals surface area contributed by atoms with Crippen molar-refractivity contribution in [1.82, 2.24) is 9.97 Å². The Morgan fingerprint density at radius 3 is 3.06 bits per heavy atom. The first-order chi connectivity index (χ1) is 8.70. The second-order valence-electron chi connectivity index (χ2n) is 3.53. The highest BCUT2D eigenvalue weighted by Gasteiger charge is 2.08. The van der Waals surface area contributed by atoms with Crippen LogP contribution in [0.1, 0.15) is 5.56 Å². The molecule has 6 heteroatoms. The van der Waals surface area contributed by atoms with Gasteiger partial charge in [0.25, 0.3) is 5.56 Å². The predicted molar refractivity (Wildman–Crippen MR) is 67.1 cm³/mol. The van der Waals surface area contributed by atoms with Crippen molar-refractivity contribution in [2.75, 3.05) is 7.11 Å². The maximum absolute atomic E-state index is 11.3. The number of H-pyrrole nitrogens is 1. The van der Waals surface area contributed by atoms with Crippen LogP contribution in [0.5, 0.6) is 11.6 Å². The summed E-state index contributed by atoms with van der Waals surface area (Å²) < 4.78 is 10.5. The number of ether oxygens (including phenoxy) is 2. The molecule has 1 aromatic heterocycles. The van der Waals surface area contributed by atoms with Gasteiger partial charge in [0, 0.05) is 7.11 Å². The number of hydrogen-bond donors (Lipinski definition) is 1. The molecule has 1 aromatic carbocycles. The molecule has 0 amide bonds. The lowest BCUT2D eigenvalue weighted by Crippen LogP contribution is -2.07. The summed E-state index contributed by atoms with van der Waals surface area (Å²) in [5.41, 5.74) is 0.519. The molecule has 0 saturated heterocycles. The fraction of sp³-hybridized carbons (Fsp3) is 0.167. The maximum atomic E-state index is 11.3. The number of benzene rings is 1. The predicted octanol–water partition coefficient (Wildman–Crippen LogP) is 2.36. The molecule has 2 aromatic rings. The van der Waals surface area contributed by atoms with Gasteiger partial charge in [-0.3, -0.25) is 4.79 Å². The standard InChI is InChI=1S/C12H11ClN2O3/c1-17-6-8-3-2-4-9(5-8)18-12-10(13)11(16)14-7-15-12/h2-5,7H,6H2,1H3,(H,14,15,16). The fourth-order valence-electron chi connectivity index (χ4n) is 1.41. The van der Waals surface area contributed by atoms with E-state index < -0.39 is 5.56 Å². The van der Waals surface area contributed by atoms with Crippen molar-refractivity contribution in [3.8, 4) is 11.6 Å². The van der Waals surface area contributed by atoms with E-state index in [1.807, 2.05) is 12.1 Å². The Hall–Kier alpha value is -1.85. The van der Waals surface area contributed by atoms with E-state index >= 15 is 0 Å². The molecular weight excluding hydrogens is 256 g/mol. The van der Waals surface area contributed by atoms with Gasteiger partial charge < -0.3 is 14.5 Å². The van der Waals surface area contributed by atoms with Crippen molar-refractivity contribution in [2.24, 2.45) is 0 Å². The van der Waals surface area contributed by atoms with E-state index in [9.17, 15) is 4.79 Å². The van der Waals surface area contributed by atoms with E-state index in [4.69, 9.17) is 21.1 Å². The van der Waals surface area contributed by atoms with E-state index in [2.05, 4.69) is 9.97 Å². The average molecular weight is 267 g/mol. The van der Waals surface area contributed by atoms with Gasteiger partial charge in [-0.25, -0.2) is 4.98 Å². The summed E-state index contributed by atoms with van der Waals surface area (Å²) in [5.74, 6) is 0.625. The Balaban J connectivity index is 2.25. The monoisotopic (exact) mass is 266 g/mol. The number of rotatable bonds is 4. The Morgan fingerprint density at radius 1 is 1.44 bits per heavy atom. The van der Waals surface area contributed by atoms with Crippen LogP contribution < -0.4 is 10.3 Å². The topological polar surface area (TPSA) is 64.2 Å². The van der Waals surface area contributed by atoms with Crippen molar-refractivity contribution >= 4 is 11.6 Å². The molecule has 1 N–H and O–H groups in total. The molecule has 2 rings (SSSR count). The fourth-order valence-corrected chi connectivity index (χ4v) is 1.56. The van der Waals surface area contributed by atoms with Gasteiger partial charge >= 0.3 is 0 Å². The third-order valence-corrected chi connectivity index (χ3v) is 2.52. The summed E-state index contributed by atoms with van der Waals surface area (Å²) in [6, 6.07) is 7.27. The average Bonchev–Trinajstić information content (AvgIpc) is 2.36. The summed E-state index contributed by atoms with van der Waals surface area (Å²) in [6.45, 7) is 0.480. The number of methoxy groups -OCH3 is 1. The van der Waals surface area contributed by atoms with Crippen LogP contribution in [0.4, 0.5) is 0 Å². The van der Waals surface area contributed by atoms with Gasteiger partial charge in [-0.15, -0.1) is 0 Å². The van der Waals surface area contributed by atoms with Crippen molar-refractivity contribution in [1.29, 1.82) is 0 Å². The highest BCUT2D eigenvalue weighted by Crippen LogP contribution is 2.24. The van der Waals surface area contributed by atoms with Gasteiger partial charge in [-0.05, 0) is 17.7 Å². The van der Waals surface area contributed by atoms with Crippen LogP contribution in [-0.2, 0) is 11.3 Å². The molecule has 0 bridgehead atoms. The Labute approximate surface area is 108 Å². The van der Waals surface area contributed by atoms with Gasteiger partial charge in [0.05, 0.1) is 12.9 Å². The Kier molecular flexibility index (Phi) is 3.96. The van der Waals surface area contributed by atoms with E-state index in [1.165, 1.54) is 6.33 Å². The highest BCUT2D eigenvalue weighted by atomic mass is 35.5. The molecule has 18 heavy (non-hydrogen) atoms. The van der Waals surface area contributed by atoms with Crippen molar-refractivity contribution in [2.45, 2.75) is 6.61 Å². The number of hydrogen-bond acceptors (Lipinski definition) is 4. The molecule has 0 unspecified atom stereocenters. The number of aromatic amines is 1. The Morgan fingerprint density at radius 2 is 2.28 bits per heavy atom. The molecular formula is C12H11ClN2O3. The summed E-state index contributed by atoms with van der Waals surface area (Å²) in [5, 5.41) is -0.0744. The number of nitrogens with zero attached hydrogens (tertiary/aromatic N) is 1. The van der Waals surface area contributed by atoms with E-state index in [-0.39, 0.29) is 10.9 Å².